The second-order valence-corrected chi connectivity index (χ2v) is 15.5. The molecule has 0 radical (unpaired) electrons. The lowest BCUT2D eigenvalue weighted by molar-refractivity contribution is -0.384. The molecule has 308 valence electrons. The number of amides is 2. The Morgan fingerprint density at radius 3 is 2.38 bits per heavy atom. The number of hydrogen-bond donors (Lipinski definition) is 4. The van der Waals surface area contributed by atoms with Gasteiger partial charge in [0.2, 0.25) is 0 Å². The van der Waals surface area contributed by atoms with E-state index in [-0.39, 0.29) is 40.1 Å². The molecule has 0 bridgehead atoms. The van der Waals surface area contributed by atoms with Crippen LogP contribution < -0.4 is 15.5 Å². The first-order valence-corrected chi connectivity index (χ1v) is 20.0. The van der Waals surface area contributed by atoms with Gasteiger partial charge in [-0.2, -0.15) is 10.2 Å². The molecule has 11 rings (SSSR count). The molecule has 0 spiro atoms. The SMILES string of the molecule is Cc1c(N=Nc2c(O)c(C(=O)Nc3cccc([N+](=O)[O-])c3)cc3ccccc23)ccc2c1-c1ccc(N=Nc3ccc4c5c(cc(O)cc35)C3Nc5ccccc5N3C4=O)cc1C2=O. The van der Waals surface area contributed by atoms with E-state index in [0.29, 0.717) is 72.0 Å². The molecule has 2 aliphatic heterocycles. The predicted octanol–water partition coefficient (Wildman–Crippen LogP) is 12.0. The first-order chi connectivity index (χ1) is 31.0. The standard InChI is InChI=1S/C49H30N8O7/c1-24-38(53-55-44-30-10-3-2-7-25(30)19-37(46(44)60)48(61)50-26-8-6-9-28(20-26)57(63)64)17-15-32-42(24)31-14-13-27(21-34(31)45(32)59)52-54-39-18-16-33-43-35(39)22-29(58)23-36(43)47-51-40-11-4-5-12-41(40)56(47)49(33)62/h2-23,47,51,58,60H,1H3,(H,50,61). The van der Waals surface area contributed by atoms with Gasteiger partial charge in [-0.05, 0) is 102 Å². The number of aromatic hydroxyl groups is 2. The molecule has 2 amide bonds. The molecular weight excluding hydrogens is 813 g/mol. The summed E-state index contributed by atoms with van der Waals surface area (Å²) < 4.78 is 0. The predicted molar refractivity (Wildman–Crippen MR) is 240 cm³/mol. The number of carbonyl (C=O) groups excluding carboxylic acids is 3. The van der Waals surface area contributed by atoms with Gasteiger partial charge in [-0.15, -0.1) is 10.2 Å². The Labute approximate surface area is 361 Å². The van der Waals surface area contributed by atoms with Crippen molar-refractivity contribution in [1.29, 1.82) is 0 Å². The first-order valence-electron chi connectivity index (χ1n) is 20.0. The number of carbonyl (C=O) groups is 3. The van der Waals surface area contributed by atoms with Crippen molar-refractivity contribution >= 4 is 84.6 Å². The number of nitrogens with zero attached hydrogens (tertiary/aromatic N) is 6. The fourth-order valence-electron chi connectivity index (χ4n) is 8.89. The van der Waals surface area contributed by atoms with Crippen molar-refractivity contribution < 1.29 is 29.5 Å². The highest BCUT2D eigenvalue weighted by molar-refractivity contribution is 6.23. The smallest absolute Gasteiger partial charge is 0.271 e. The summed E-state index contributed by atoms with van der Waals surface area (Å²) in [7, 11) is 0. The number of fused-ring (bicyclic) bond motifs is 8. The van der Waals surface area contributed by atoms with Crippen LogP contribution in [0.4, 0.5) is 45.5 Å². The molecule has 0 saturated carbocycles. The second-order valence-electron chi connectivity index (χ2n) is 15.5. The molecule has 8 aromatic carbocycles. The third-order valence-electron chi connectivity index (χ3n) is 11.8. The van der Waals surface area contributed by atoms with Crippen LogP contribution in [0.2, 0.25) is 0 Å². The van der Waals surface area contributed by atoms with Gasteiger partial charge in [-0.25, -0.2) is 0 Å². The molecule has 0 aromatic heterocycles. The van der Waals surface area contributed by atoms with E-state index in [2.05, 4.69) is 31.1 Å². The fourth-order valence-corrected chi connectivity index (χ4v) is 8.89. The topological polar surface area (TPSA) is 212 Å². The third-order valence-corrected chi connectivity index (χ3v) is 11.8. The van der Waals surface area contributed by atoms with Gasteiger partial charge in [-0.1, -0.05) is 48.5 Å². The van der Waals surface area contributed by atoms with Gasteiger partial charge in [0, 0.05) is 56.2 Å². The molecule has 0 saturated heterocycles. The molecule has 3 aliphatic rings. The average Bonchev–Trinajstić information content (AvgIpc) is 3.83. The van der Waals surface area contributed by atoms with E-state index in [4.69, 9.17) is 0 Å². The van der Waals surface area contributed by atoms with E-state index >= 15 is 0 Å². The van der Waals surface area contributed by atoms with Crippen LogP contribution in [0.15, 0.2) is 154 Å². The number of benzene rings is 8. The number of ketones is 1. The molecule has 4 N–H and O–H groups in total. The quantitative estimate of drug-likeness (QED) is 0.0687. The molecule has 8 aromatic rings. The summed E-state index contributed by atoms with van der Waals surface area (Å²) in [5.41, 5.74) is 6.82. The summed E-state index contributed by atoms with van der Waals surface area (Å²) in [6.07, 6.45) is -0.512. The monoisotopic (exact) mass is 842 g/mol. The maximum Gasteiger partial charge on any atom is 0.271 e. The normalized spacial score (nSPS) is 14.5. The van der Waals surface area contributed by atoms with Gasteiger partial charge in [0.15, 0.2) is 11.5 Å². The maximum absolute atomic E-state index is 13.9. The van der Waals surface area contributed by atoms with Gasteiger partial charge >= 0.3 is 0 Å². The Hall–Kier alpha value is -9.11. The van der Waals surface area contributed by atoms with Gasteiger partial charge in [0.1, 0.15) is 17.6 Å². The molecular formula is C49H30N8O7. The molecule has 0 fully saturated rings. The summed E-state index contributed by atoms with van der Waals surface area (Å²) in [4.78, 5) is 53.6. The summed E-state index contributed by atoms with van der Waals surface area (Å²) in [5.74, 6) is -1.51. The molecule has 1 unspecified atom stereocenters. The van der Waals surface area contributed by atoms with Crippen LogP contribution in [-0.2, 0) is 0 Å². The largest absolute Gasteiger partial charge is 0.508 e. The molecule has 1 atom stereocenters. The van der Waals surface area contributed by atoms with Crippen molar-refractivity contribution in [2.75, 3.05) is 15.5 Å². The highest BCUT2D eigenvalue weighted by Gasteiger charge is 2.41. The van der Waals surface area contributed by atoms with E-state index < -0.39 is 22.7 Å². The van der Waals surface area contributed by atoms with E-state index in [9.17, 15) is 34.7 Å². The number of phenols is 2. The number of azo groups is 2. The minimum Gasteiger partial charge on any atom is -0.508 e. The number of nitrogens with one attached hydrogen (secondary N) is 2. The average molecular weight is 843 g/mol. The minimum atomic E-state index is -0.705. The van der Waals surface area contributed by atoms with Crippen molar-refractivity contribution in [1.82, 2.24) is 0 Å². The number of phenolic OH excluding ortho intramolecular Hbond substituents is 2. The van der Waals surface area contributed by atoms with Gasteiger partial charge < -0.3 is 20.8 Å². The lowest BCUT2D eigenvalue weighted by atomic mass is 9.91. The van der Waals surface area contributed by atoms with Crippen molar-refractivity contribution in [2.45, 2.75) is 13.1 Å². The Balaban J connectivity index is 0.900. The summed E-state index contributed by atoms with van der Waals surface area (Å²) in [6.45, 7) is 1.82. The third kappa shape index (κ3) is 5.86. The first kappa shape index (κ1) is 37.9. The highest BCUT2D eigenvalue weighted by atomic mass is 16.6. The Kier molecular flexibility index (Phi) is 8.42. The lowest BCUT2D eigenvalue weighted by Crippen LogP contribution is -2.37. The molecule has 15 nitrogen and oxygen atoms in total. The van der Waals surface area contributed by atoms with Crippen LogP contribution >= 0.6 is 0 Å². The van der Waals surface area contributed by atoms with Crippen LogP contribution in [0.1, 0.15) is 53.9 Å². The summed E-state index contributed by atoms with van der Waals surface area (Å²) in [6, 6.07) is 36.8. The number of nitro groups is 1. The zero-order chi connectivity index (χ0) is 44.0. The number of rotatable bonds is 7. The summed E-state index contributed by atoms with van der Waals surface area (Å²) in [5, 5.41) is 60.0. The minimum absolute atomic E-state index is 0.0138. The van der Waals surface area contributed by atoms with Crippen LogP contribution in [-0.4, -0.2) is 32.7 Å². The van der Waals surface area contributed by atoms with E-state index in [1.807, 2.05) is 31.2 Å². The van der Waals surface area contributed by atoms with Crippen molar-refractivity contribution in [2.24, 2.45) is 20.5 Å². The number of para-hydroxylation sites is 2. The van der Waals surface area contributed by atoms with Gasteiger partial charge in [-0.3, -0.25) is 29.4 Å². The Morgan fingerprint density at radius 1 is 0.750 bits per heavy atom. The van der Waals surface area contributed by atoms with Crippen LogP contribution in [0.25, 0.3) is 32.7 Å². The second kappa shape index (κ2) is 14.2. The number of non-ortho nitro benzene ring substituents is 1. The van der Waals surface area contributed by atoms with Crippen molar-refractivity contribution in [3.63, 3.8) is 0 Å². The lowest BCUT2D eigenvalue weighted by Gasteiger charge is -2.32. The number of hydrogen-bond acceptors (Lipinski definition) is 12. The highest BCUT2D eigenvalue weighted by Crippen LogP contribution is 2.50. The van der Waals surface area contributed by atoms with Crippen molar-refractivity contribution in [3.8, 4) is 22.6 Å². The molecule has 2 heterocycles. The zero-order valence-corrected chi connectivity index (χ0v) is 33.4. The Morgan fingerprint density at radius 2 is 1.52 bits per heavy atom. The Bertz CT molecular complexity index is 3510. The molecule has 1 aliphatic carbocycles. The maximum atomic E-state index is 13.9. The zero-order valence-electron chi connectivity index (χ0n) is 33.4. The molecule has 15 heteroatoms. The van der Waals surface area contributed by atoms with Crippen LogP contribution in [0, 0.1) is 17.0 Å². The van der Waals surface area contributed by atoms with Gasteiger partial charge in [0.25, 0.3) is 17.5 Å². The fraction of sp³-hybridized carbons (Fsp3) is 0.0408. The summed E-state index contributed by atoms with van der Waals surface area (Å²) >= 11 is 0. The number of nitro benzene ring substituents is 1. The van der Waals surface area contributed by atoms with E-state index in [0.717, 1.165) is 16.9 Å². The van der Waals surface area contributed by atoms with Crippen LogP contribution in [0.5, 0.6) is 11.5 Å². The van der Waals surface area contributed by atoms with E-state index in [1.165, 1.54) is 30.3 Å². The van der Waals surface area contributed by atoms with Crippen LogP contribution in [0.3, 0.4) is 0 Å². The molecule has 64 heavy (non-hydrogen) atoms. The van der Waals surface area contributed by atoms with E-state index in [1.54, 1.807) is 83.8 Å². The number of anilines is 3. The van der Waals surface area contributed by atoms with Crippen molar-refractivity contribution in [3.05, 3.63) is 177 Å². The van der Waals surface area contributed by atoms with Gasteiger partial charge in [0.05, 0.1) is 38.9 Å².